The first-order valence-electron chi connectivity index (χ1n) is 4.95. The zero-order valence-electron chi connectivity index (χ0n) is 9.36. The predicted molar refractivity (Wildman–Crippen MR) is 64.3 cm³/mol. The molecule has 0 bridgehead atoms. The molecular formula is C12H10ClNO3. The van der Waals surface area contributed by atoms with Crippen LogP contribution < -0.4 is 9.64 Å². The third-order valence-electron chi connectivity index (χ3n) is 2.50. The number of rotatable bonds is 2. The highest BCUT2D eigenvalue weighted by Crippen LogP contribution is 2.32. The molecule has 2 amide bonds. The van der Waals surface area contributed by atoms with E-state index < -0.39 is 0 Å². The molecule has 1 aliphatic rings. The van der Waals surface area contributed by atoms with Gasteiger partial charge in [0.2, 0.25) is 0 Å². The van der Waals surface area contributed by atoms with Gasteiger partial charge in [0.15, 0.2) is 0 Å². The highest BCUT2D eigenvalue weighted by Gasteiger charge is 2.31. The van der Waals surface area contributed by atoms with Crippen LogP contribution >= 0.6 is 11.6 Å². The Kier molecular flexibility index (Phi) is 2.90. The number of ether oxygens (including phenoxy) is 1. The van der Waals surface area contributed by atoms with Gasteiger partial charge in [-0.25, -0.2) is 4.90 Å². The molecule has 0 fully saturated rings. The molecule has 4 nitrogen and oxygen atoms in total. The highest BCUT2D eigenvalue weighted by atomic mass is 35.5. The van der Waals surface area contributed by atoms with E-state index in [-0.39, 0.29) is 11.8 Å². The van der Waals surface area contributed by atoms with E-state index in [4.69, 9.17) is 16.3 Å². The Morgan fingerprint density at radius 3 is 2.53 bits per heavy atom. The Labute approximate surface area is 103 Å². The Morgan fingerprint density at radius 2 is 2.00 bits per heavy atom. The summed E-state index contributed by atoms with van der Waals surface area (Å²) < 4.78 is 5.04. The Bertz CT molecular complexity index is 537. The molecule has 1 aromatic rings. The Morgan fingerprint density at radius 1 is 1.29 bits per heavy atom. The van der Waals surface area contributed by atoms with Crippen LogP contribution in [0.5, 0.6) is 5.75 Å². The average molecular weight is 252 g/mol. The minimum atomic E-state index is -0.386. The number of halogens is 1. The lowest BCUT2D eigenvalue weighted by Crippen LogP contribution is -2.30. The fourth-order valence-electron chi connectivity index (χ4n) is 1.61. The van der Waals surface area contributed by atoms with Crippen LogP contribution in [0.3, 0.4) is 0 Å². The monoisotopic (exact) mass is 251 g/mol. The molecule has 0 spiro atoms. The number of imide groups is 1. The Balaban J connectivity index is 2.48. The average Bonchev–Trinajstić information content (AvgIpc) is 2.55. The summed E-state index contributed by atoms with van der Waals surface area (Å²) in [6.45, 7) is 1.59. The molecule has 88 valence electrons. The molecule has 17 heavy (non-hydrogen) atoms. The predicted octanol–water partition coefficient (Wildman–Crippen LogP) is 2.17. The van der Waals surface area contributed by atoms with E-state index in [0.717, 1.165) is 4.90 Å². The molecule has 1 aromatic carbocycles. The van der Waals surface area contributed by atoms with Gasteiger partial charge in [0, 0.05) is 17.7 Å². The zero-order valence-corrected chi connectivity index (χ0v) is 10.1. The van der Waals surface area contributed by atoms with Gasteiger partial charge in [-0.2, -0.15) is 0 Å². The van der Waals surface area contributed by atoms with Crippen LogP contribution in [-0.2, 0) is 9.59 Å². The maximum Gasteiger partial charge on any atom is 0.261 e. The molecule has 0 unspecified atom stereocenters. The first-order valence-corrected chi connectivity index (χ1v) is 5.32. The first-order chi connectivity index (χ1) is 8.04. The smallest absolute Gasteiger partial charge is 0.261 e. The van der Waals surface area contributed by atoms with Crippen molar-refractivity contribution in [2.45, 2.75) is 6.92 Å². The molecule has 0 N–H and O–H groups in total. The molecular weight excluding hydrogens is 242 g/mol. The molecule has 0 saturated carbocycles. The van der Waals surface area contributed by atoms with E-state index in [9.17, 15) is 9.59 Å². The van der Waals surface area contributed by atoms with Gasteiger partial charge in [0.1, 0.15) is 5.75 Å². The van der Waals surface area contributed by atoms with Crippen molar-refractivity contribution in [3.8, 4) is 5.75 Å². The number of hydrogen-bond acceptors (Lipinski definition) is 3. The fraction of sp³-hybridized carbons (Fsp3) is 0.167. The fourth-order valence-corrected chi connectivity index (χ4v) is 1.81. The Hall–Kier alpha value is -1.81. The normalized spacial score (nSPS) is 15.2. The number of amides is 2. The van der Waals surface area contributed by atoms with Crippen molar-refractivity contribution >= 4 is 29.1 Å². The molecule has 0 radical (unpaired) electrons. The van der Waals surface area contributed by atoms with E-state index in [0.29, 0.717) is 22.0 Å². The van der Waals surface area contributed by atoms with E-state index in [1.54, 1.807) is 25.1 Å². The SMILES string of the molecule is COc1ccc(Cl)c(N2C(=O)C=C(C)C2=O)c1. The van der Waals surface area contributed by atoms with Gasteiger partial charge in [-0.15, -0.1) is 0 Å². The first kappa shape index (κ1) is 11.7. The minimum Gasteiger partial charge on any atom is -0.497 e. The van der Waals surface area contributed by atoms with Crippen LogP contribution in [0.1, 0.15) is 6.92 Å². The number of hydrogen-bond donors (Lipinski definition) is 0. The van der Waals surface area contributed by atoms with Crippen molar-refractivity contribution in [2.24, 2.45) is 0 Å². The summed E-state index contributed by atoms with van der Waals surface area (Å²) in [4.78, 5) is 24.5. The van der Waals surface area contributed by atoms with Gasteiger partial charge >= 0.3 is 0 Å². The van der Waals surface area contributed by atoms with Gasteiger partial charge in [0.25, 0.3) is 11.8 Å². The maximum atomic E-state index is 11.8. The molecule has 0 atom stereocenters. The number of methoxy groups -OCH3 is 1. The van der Waals surface area contributed by atoms with Crippen LogP contribution in [-0.4, -0.2) is 18.9 Å². The third kappa shape index (κ3) is 1.91. The maximum absolute atomic E-state index is 11.8. The van der Waals surface area contributed by atoms with Gasteiger partial charge < -0.3 is 4.74 Å². The number of benzene rings is 1. The van der Waals surface area contributed by atoms with E-state index in [1.807, 2.05) is 0 Å². The molecule has 0 aromatic heterocycles. The standard InChI is InChI=1S/C12H10ClNO3/c1-7-5-11(15)14(12(7)16)10-6-8(17-2)3-4-9(10)13/h3-6H,1-2H3. The lowest BCUT2D eigenvalue weighted by Gasteiger charge is -2.16. The summed E-state index contributed by atoms with van der Waals surface area (Å²) in [5, 5.41) is 0.329. The number of nitrogens with zero attached hydrogens (tertiary/aromatic N) is 1. The third-order valence-corrected chi connectivity index (χ3v) is 2.81. The summed E-state index contributed by atoms with van der Waals surface area (Å²) >= 11 is 5.99. The van der Waals surface area contributed by atoms with Crippen molar-refractivity contribution in [3.63, 3.8) is 0 Å². The van der Waals surface area contributed by atoms with E-state index in [2.05, 4.69) is 0 Å². The number of anilines is 1. The van der Waals surface area contributed by atoms with E-state index >= 15 is 0 Å². The molecule has 0 saturated heterocycles. The number of carbonyl (C=O) groups excluding carboxylic acids is 2. The zero-order chi connectivity index (χ0) is 12.6. The second-order valence-corrected chi connectivity index (χ2v) is 4.03. The number of carbonyl (C=O) groups is 2. The van der Waals surface area contributed by atoms with Crippen molar-refractivity contribution < 1.29 is 14.3 Å². The molecule has 1 heterocycles. The largest absolute Gasteiger partial charge is 0.497 e. The second kappa shape index (κ2) is 4.22. The van der Waals surface area contributed by atoms with Gasteiger partial charge in [0.05, 0.1) is 17.8 Å². The van der Waals surface area contributed by atoms with Gasteiger partial charge in [-0.05, 0) is 19.1 Å². The van der Waals surface area contributed by atoms with Crippen molar-refractivity contribution in [2.75, 3.05) is 12.0 Å². The summed E-state index contributed by atoms with van der Waals surface area (Å²) in [7, 11) is 1.50. The lowest BCUT2D eigenvalue weighted by atomic mass is 10.2. The molecule has 1 aliphatic heterocycles. The van der Waals surface area contributed by atoms with Crippen LogP contribution in [0.15, 0.2) is 29.8 Å². The van der Waals surface area contributed by atoms with Crippen molar-refractivity contribution in [3.05, 3.63) is 34.9 Å². The van der Waals surface area contributed by atoms with Gasteiger partial charge in [-0.1, -0.05) is 11.6 Å². The molecule has 0 aliphatic carbocycles. The topological polar surface area (TPSA) is 46.6 Å². The minimum absolute atomic E-state index is 0.329. The van der Waals surface area contributed by atoms with Crippen molar-refractivity contribution in [1.29, 1.82) is 0 Å². The molecule has 5 heteroatoms. The molecule has 2 rings (SSSR count). The lowest BCUT2D eigenvalue weighted by molar-refractivity contribution is -0.120. The van der Waals surface area contributed by atoms with Crippen LogP contribution in [0.25, 0.3) is 0 Å². The van der Waals surface area contributed by atoms with Gasteiger partial charge in [-0.3, -0.25) is 9.59 Å². The summed E-state index contributed by atoms with van der Waals surface area (Å²) in [5.41, 5.74) is 0.739. The summed E-state index contributed by atoms with van der Waals surface area (Å²) in [6.07, 6.45) is 1.29. The summed E-state index contributed by atoms with van der Waals surface area (Å²) in [6, 6.07) is 4.81. The highest BCUT2D eigenvalue weighted by molar-refractivity contribution is 6.38. The van der Waals surface area contributed by atoms with Crippen LogP contribution in [0.4, 0.5) is 5.69 Å². The second-order valence-electron chi connectivity index (χ2n) is 3.62. The van der Waals surface area contributed by atoms with Crippen LogP contribution in [0.2, 0.25) is 5.02 Å². The summed E-state index contributed by atoms with van der Waals surface area (Å²) in [5.74, 6) is -0.206. The van der Waals surface area contributed by atoms with Crippen LogP contribution in [0, 0.1) is 0 Å². The quantitative estimate of drug-likeness (QED) is 0.757. The van der Waals surface area contributed by atoms with Crippen molar-refractivity contribution in [1.82, 2.24) is 0 Å². The van der Waals surface area contributed by atoms with E-state index in [1.165, 1.54) is 13.2 Å².